The second-order valence-electron chi connectivity index (χ2n) is 3.66. The molecule has 0 aliphatic rings. The number of aromatic nitrogens is 2. The fourth-order valence-corrected chi connectivity index (χ4v) is 1.37. The fraction of sp³-hybridized carbons (Fsp3) is 0.0769. The second kappa shape index (κ2) is 5.79. The van der Waals surface area contributed by atoms with Crippen molar-refractivity contribution in [3.8, 4) is 11.5 Å². The molecule has 0 aliphatic heterocycles. The van der Waals surface area contributed by atoms with Crippen LogP contribution in [0.25, 0.3) is 0 Å². The first-order valence-corrected chi connectivity index (χ1v) is 5.51. The predicted octanol–water partition coefficient (Wildman–Crippen LogP) is 1.40. The summed E-state index contributed by atoms with van der Waals surface area (Å²) in [6, 6.07) is 6.35. The Balaban J connectivity index is 2.14. The lowest BCUT2D eigenvalue weighted by Crippen LogP contribution is -2.13. The molecule has 7 nitrogen and oxygen atoms in total. The number of esters is 1. The number of methoxy groups -OCH3 is 1. The molecule has 1 heterocycles. The van der Waals surface area contributed by atoms with Crippen molar-refractivity contribution in [3.63, 3.8) is 0 Å². The number of benzene rings is 1. The van der Waals surface area contributed by atoms with Crippen LogP contribution in [0.3, 0.4) is 0 Å². The van der Waals surface area contributed by atoms with E-state index in [-0.39, 0.29) is 11.4 Å². The van der Waals surface area contributed by atoms with Gasteiger partial charge < -0.3 is 14.6 Å². The number of aromatic carboxylic acids is 1. The highest BCUT2D eigenvalue weighted by Crippen LogP contribution is 2.17. The summed E-state index contributed by atoms with van der Waals surface area (Å²) in [5.74, 6) is -1.14. The van der Waals surface area contributed by atoms with E-state index < -0.39 is 11.9 Å². The molecule has 0 amide bonds. The average Bonchev–Trinajstić information content (AvgIpc) is 2.48. The maximum absolute atomic E-state index is 11.8. The van der Waals surface area contributed by atoms with Gasteiger partial charge in [0, 0.05) is 0 Å². The Hall–Kier alpha value is -2.96. The van der Waals surface area contributed by atoms with Gasteiger partial charge in [-0.3, -0.25) is 4.98 Å². The van der Waals surface area contributed by atoms with E-state index in [0.29, 0.717) is 11.5 Å². The van der Waals surface area contributed by atoms with Gasteiger partial charge in [0.25, 0.3) is 0 Å². The summed E-state index contributed by atoms with van der Waals surface area (Å²) >= 11 is 0. The van der Waals surface area contributed by atoms with E-state index in [0.717, 1.165) is 12.4 Å². The molecule has 7 heteroatoms. The smallest absolute Gasteiger partial charge is 0.363 e. The van der Waals surface area contributed by atoms with Gasteiger partial charge in [0.1, 0.15) is 11.5 Å². The summed E-state index contributed by atoms with van der Waals surface area (Å²) in [5.41, 5.74) is -0.505. The number of carbonyl (C=O) groups is 2. The summed E-state index contributed by atoms with van der Waals surface area (Å²) in [7, 11) is 1.52. The van der Waals surface area contributed by atoms with Gasteiger partial charge >= 0.3 is 11.9 Å². The lowest BCUT2D eigenvalue weighted by atomic mass is 10.3. The molecule has 1 aromatic heterocycles. The van der Waals surface area contributed by atoms with Gasteiger partial charge in [-0.15, -0.1) is 0 Å². The Bertz CT molecular complexity index is 639. The highest BCUT2D eigenvalue weighted by atomic mass is 16.5. The quantitative estimate of drug-likeness (QED) is 0.664. The molecular formula is C13H10N2O5. The van der Waals surface area contributed by atoms with Crippen LogP contribution in [-0.4, -0.2) is 34.1 Å². The number of carboxylic acid groups (broad SMARTS) is 1. The topological polar surface area (TPSA) is 98.6 Å². The monoisotopic (exact) mass is 274 g/mol. The van der Waals surface area contributed by atoms with Crippen molar-refractivity contribution < 1.29 is 24.2 Å². The lowest BCUT2D eigenvalue weighted by molar-refractivity contribution is 0.0689. The van der Waals surface area contributed by atoms with Gasteiger partial charge in [-0.25, -0.2) is 14.6 Å². The Morgan fingerprint density at radius 2 is 1.65 bits per heavy atom. The number of carboxylic acids is 1. The van der Waals surface area contributed by atoms with Crippen LogP contribution >= 0.6 is 0 Å². The third kappa shape index (κ3) is 3.08. The standard InChI is InChI=1S/C13H10N2O5/c1-19-8-2-4-9(5-3-8)20-13(18)11-7-14-6-10(15-11)12(16)17/h2-7H,1H3,(H,16,17). The van der Waals surface area contributed by atoms with E-state index in [9.17, 15) is 9.59 Å². The van der Waals surface area contributed by atoms with E-state index in [1.807, 2.05) is 0 Å². The minimum absolute atomic E-state index is 0.180. The Morgan fingerprint density at radius 1 is 1.05 bits per heavy atom. The van der Waals surface area contributed by atoms with Gasteiger partial charge in [0.2, 0.25) is 0 Å². The van der Waals surface area contributed by atoms with E-state index in [4.69, 9.17) is 14.6 Å². The molecule has 1 N–H and O–H groups in total. The molecule has 0 unspecified atom stereocenters. The van der Waals surface area contributed by atoms with Gasteiger partial charge in [-0.05, 0) is 24.3 Å². The van der Waals surface area contributed by atoms with Crippen molar-refractivity contribution >= 4 is 11.9 Å². The van der Waals surface area contributed by atoms with Crippen molar-refractivity contribution in [1.29, 1.82) is 0 Å². The molecule has 0 bridgehead atoms. The zero-order valence-corrected chi connectivity index (χ0v) is 10.4. The first kappa shape index (κ1) is 13.5. The predicted molar refractivity (Wildman–Crippen MR) is 66.9 cm³/mol. The zero-order valence-electron chi connectivity index (χ0n) is 10.4. The number of ether oxygens (including phenoxy) is 2. The van der Waals surface area contributed by atoms with Crippen LogP contribution in [0.15, 0.2) is 36.7 Å². The van der Waals surface area contributed by atoms with E-state index in [1.165, 1.54) is 7.11 Å². The normalized spacial score (nSPS) is 9.85. The molecule has 0 saturated carbocycles. The highest BCUT2D eigenvalue weighted by Gasteiger charge is 2.14. The maximum Gasteiger partial charge on any atom is 0.363 e. The minimum Gasteiger partial charge on any atom is -0.497 e. The SMILES string of the molecule is COc1ccc(OC(=O)c2cncc(C(=O)O)n2)cc1. The molecule has 0 fully saturated rings. The van der Waals surface area contributed by atoms with Crippen molar-refractivity contribution in [2.45, 2.75) is 0 Å². The second-order valence-corrected chi connectivity index (χ2v) is 3.66. The van der Waals surface area contributed by atoms with Crippen LogP contribution in [0.4, 0.5) is 0 Å². The molecule has 0 atom stereocenters. The van der Waals surface area contributed by atoms with E-state index in [1.54, 1.807) is 24.3 Å². The molecule has 0 spiro atoms. The summed E-state index contributed by atoms with van der Waals surface area (Å²) in [6.45, 7) is 0. The molecule has 2 aromatic rings. The van der Waals surface area contributed by atoms with Crippen LogP contribution < -0.4 is 9.47 Å². The summed E-state index contributed by atoms with van der Waals surface area (Å²) in [4.78, 5) is 29.8. The van der Waals surface area contributed by atoms with E-state index in [2.05, 4.69) is 9.97 Å². The summed E-state index contributed by atoms with van der Waals surface area (Å²) < 4.78 is 10.0. The van der Waals surface area contributed by atoms with Crippen molar-refractivity contribution in [2.75, 3.05) is 7.11 Å². The molecule has 20 heavy (non-hydrogen) atoms. The number of nitrogens with zero attached hydrogens (tertiary/aromatic N) is 2. The Kier molecular flexibility index (Phi) is 3.90. The molecule has 2 rings (SSSR count). The summed E-state index contributed by atoms with van der Waals surface area (Å²) in [6.07, 6.45) is 2.19. The van der Waals surface area contributed by atoms with Crippen LogP contribution in [0.1, 0.15) is 21.0 Å². The first-order valence-electron chi connectivity index (χ1n) is 5.51. The Morgan fingerprint density at radius 3 is 2.25 bits per heavy atom. The molecule has 0 saturated heterocycles. The third-order valence-electron chi connectivity index (χ3n) is 2.33. The number of hydrogen-bond acceptors (Lipinski definition) is 6. The van der Waals surface area contributed by atoms with Crippen molar-refractivity contribution in [1.82, 2.24) is 9.97 Å². The molecule has 1 aromatic carbocycles. The maximum atomic E-state index is 11.8. The van der Waals surface area contributed by atoms with Crippen molar-refractivity contribution in [2.24, 2.45) is 0 Å². The van der Waals surface area contributed by atoms with Crippen molar-refractivity contribution in [3.05, 3.63) is 48.0 Å². The third-order valence-corrected chi connectivity index (χ3v) is 2.33. The minimum atomic E-state index is -1.27. The van der Waals surface area contributed by atoms with Gasteiger partial charge in [-0.1, -0.05) is 0 Å². The molecule has 0 radical (unpaired) electrons. The fourth-order valence-electron chi connectivity index (χ4n) is 1.37. The summed E-state index contributed by atoms with van der Waals surface area (Å²) in [5, 5.41) is 8.77. The molecular weight excluding hydrogens is 264 g/mol. The number of hydrogen-bond donors (Lipinski definition) is 1. The van der Waals surface area contributed by atoms with Gasteiger partial charge in [0.05, 0.1) is 19.5 Å². The van der Waals surface area contributed by atoms with Crippen LogP contribution in [-0.2, 0) is 0 Å². The molecule has 102 valence electrons. The van der Waals surface area contributed by atoms with Crippen LogP contribution in [0.5, 0.6) is 11.5 Å². The van der Waals surface area contributed by atoms with Crippen LogP contribution in [0.2, 0.25) is 0 Å². The van der Waals surface area contributed by atoms with Gasteiger partial charge in [-0.2, -0.15) is 0 Å². The molecule has 0 aliphatic carbocycles. The van der Waals surface area contributed by atoms with Gasteiger partial charge in [0.15, 0.2) is 11.4 Å². The van der Waals surface area contributed by atoms with E-state index >= 15 is 0 Å². The number of carbonyl (C=O) groups excluding carboxylic acids is 1. The largest absolute Gasteiger partial charge is 0.497 e. The number of rotatable bonds is 4. The first-order chi connectivity index (χ1) is 9.60. The lowest BCUT2D eigenvalue weighted by Gasteiger charge is -2.05. The van der Waals surface area contributed by atoms with Crippen LogP contribution in [0, 0.1) is 0 Å². The highest BCUT2D eigenvalue weighted by molar-refractivity contribution is 5.91. The average molecular weight is 274 g/mol. The Labute approximate surface area is 113 Å². The zero-order chi connectivity index (χ0) is 14.5.